The average Bonchev–Trinajstić information content (AvgIpc) is 2.49. The highest BCUT2D eigenvalue weighted by Gasteiger charge is 2.36. The van der Waals surface area contributed by atoms with Gasteiger partial charge in [0.1, 0.15) is 5.41 Å². The van der Waals surface area contributed by atoms with Gasteiger partial charge in [-0.15, -0.1) is 0 Å². The van der Waals surface area contributed by atoms with Crippen molar-refractivity contribution in [3.8, 4) is 6.07 Å². The summed E-state index contributed by atoms with van der Waals surface area (Å²) in [5.41, 5.74) is 1.84. The standard InChI is InChI=1S/C17H22N2O/c1-3-17(4-2,12-18)16(20)19-15-10-9-13-7-5-6-8-14(13)11-15/h5-8,15H,3-4,9-11H2,1-2H3,(H,19,20). The van der Waals surface area contributed by atoms with Gasteiger partial charge in [0.2, 0.25) is 5.91 Å². The van der Waals surface area contributed by atoms with Gasteiger partial charge in [0.05, 0.1) is 6.07 Å². The first kappa shape index (κ1) is 14.6. The second kappa shape index (κ2) is 6.09. The van der Waals surface area contributed by atoms with Crippen LogP contribution in [0.4, 0.5) is 0 Å². The van der Waals surface area contributed by atoms with Crippen LogP contribution in [-0.4, -0.2) is 11.9 Å². The first-order valence-electron chi connectivity index (χ1n) is 7.44. The minimum absolute atomic E-state index is 0.102. The predicted octanol–water partition coefficient (Wildman–Crippen LogP) is 2.99. The molecule has 1 aromatic rings. The fraction of sp³-hybridized carbons (Fsp3) is 0.529. The molecular weight excluding hydrogens is 248 g/mol. The second-order valence-corrected chi connectivity index (χ2v) is 5.58. The molecule has 2 rings (SSSR count). The molecule has 0 saturated heterocycles. The van der Waals surface area contributed by atoms with Crippen LogP contribution in [0, 0.1) is 16.7 Å². The number of aryl methyl sites for hydroxylation is 1. The van der Waals surface area contributed by atoms with Crippen molar-refractivity contribution in [1.82, 2.24) is 5.32 Å². The van der Waals surface area contributed by atoms with Crippen molar-refractivity contribution in [1.29, 1.82) is 5.26 Å². The average molecular weight is 270 g/mol. The highest BCUT2D eigenvalue weighted by atomic mass is 16.2. The van der Waals surface area contributed by atoms with Crippen LogP contribution < -0.4 is 5.32 Å². The Hall–Kier alpha value is -1.82. The molecule has 1 N–H and O–H groups in total. The normalized spacial score (nSPS) is 17.9. The zero-order chi connectivity index (χ0) is 14.6. The smallest absolute Gasteiger partial charge is 0.240 e. The van der Waals surface area contributed by atoms with Gasteiger partial charge in [-0.3, -0.25) is 4.79 Å². The summed E-state index contributed by atoms with van der Waals surface area (Å²) in [6.07, 6.45) is 3.96. The van der Waals surface area contributed by atoms with Gasteiger partial charge in [0.15, 0.2) is 0 Å². The van der Waals surface area contributed by atoms with Crippen molar-refractivity contribution >= 4 is 5.91 Å². The van der Waals surface area contributed by atoms with Gasteiger partial charge in [0.25, 0.3) is 0 Å². The monoisotopic (exact) mass is 270 g/mol. The van der Waals surface area contributed by atoms with E-state index in [2.05, 4.69) is 29.6 Å². The summed E-state index contributed by atoms with van der Waals surface area (Å²) in [6.45, 7) is 3.81. The van der Waals surface area contributed by atoms with E-state index in [1.54, 1.807) is 0 Å². The Morgan fingerprint density at radius 3 is 2.60 bits per heavy atom. The van der Waals surface area contributed by atoms with E-state index in [9.17, 15) is 10.1 Å². The number of rotatable bonds is 4. The third-order valence-electron chi connectivity index (χ3n) is 4.54. The molecule has 1 atom stereocenters. The highest BCUT2D eigenvalue weighted by Crippen LogP contribution is 2.27. The minimum Gasteiger partial charge on any atom is -0.352 e. The number of amides is 1. The van der Waals surface area contributed by atoms with Crippen LogP contribution in [0.1, 0.15) is 44.2 Å². The summed E-state index contributed by atoms with van der Waals surface area (Å²) in [5.74, 6) is -0.102. The molecule has 0 bridgehead atoms. The molecule has 1 aliphatic rings. The molecule has 1 amide bonds. The van der Waals surface area contributed by atoms with Crippen molar-refractivity contribution in [2.75, 3.05) is 0 Å². The molecule has 1 aromatic carbocycles. The molecule has 0 fully saturated rings. The molecule has 0 aliphatic heterocycles. The molecule has 20 heavy (non-hydrogen) atoms. The third-order valence-corrected chi connectivity index (χ3v) is 4.54. The van der Waals surface area contributed by atoms with E-state index < -0.39 is 5.41 Å². The van der Waals surface area contributed by atoms with E-state index in [4.69, 9.17) is 0 Å². The lowest BCUT2D eigenvalue weighted by atomic mass is 9.81. The Kier molecular flexibility index (Phi) is 4.44. The molecule has 3 nitrogen and oxygen atoms in total. The van der Waals surface area contributed by atoms with Gasteiger partial charge in [-0.25, -0.2) is 0 Å². The number of carbonyl (C=O) groups is 1. The second-order valence-electron chi connectivity index (χ2n) is 5.58. The van der Waals surface area contributed by atoms with Crippen LogP contribution >= 0.6 is 0 Å². The van der Waals surface area contributed by atoms with Crippen molar-refractivity contribution in [2.45, 2.75) is 52.0 Å². The Morgan fingerprint density at radius 1 is 1.35 bits per heavy atom. The molecule has 3 heteroatoms. The summed E-state index contributed by atoms with van der Waals surface area (Å²) in [5, 5.41) is 12.4. The van der Waals surface area contributed by atoms with E-state index in [1.165, 1.54) is 11.1 Å². The fourth-order valence-corrected chi connectivity index (χ4v) is 2.92. The summed E-state index contributed by atoms with van der Waals surface area (Å²) < 4.78 is 0. The number of nitrogens with one attached hydrogen (secondary N) is 1. The van der Waals surface area contributed by atoms with Crippen molar-refractivity contribution in [3.05, 3.63) is 35.4 Å². The van der Waals surface area contributed by atoms with Gasteiger partial charge in [-0.05, 0) is 43.2 Å². The third kappa shape index (κ3) is 2.70. The van der Waals surface area contributed by atoms with Crippen LogP contribution in [0.15, 0.2) is 24.3 Å². The van der Waals surface area contributed by atoms with Crippen LogP contribution in [0.3, 0.4) is 0 Å². The molecule has 0 radical (unpaired) electrons. The van der Waals surface area contributed by atoms with E-state index in [-0.39, 0.29) is 11.9 Å². The van der Waals surface area contributed by atoms with E-state index in [1.807, 2.05) is 19.9 Å². The topological polar surface area (TPSA) is 52.9 Å². The fourth-order valence-electron chi connectivity index (χ4n) is 2.92. The minimum atomic E-state index is -0.864. The quantitative estimate of drug-likeness (QED) is 0.914. The number of carbonyl (C=O) groups excluding carboxylic acids is 1. The van der Waals surface area contributed by atoms with E-state index in [0.717, 1.165) is 19.3 Å². The largest absolute Gasteiger partial charge is 0.352 e. The summed E-state index contributed by atoms with van der Waals surface area (Å²) in [7, 11) is 0. The lowest BCUT2D eigenvalue weighted by Gasteiger charge is -2.29. The van der Waals surface area contributed by atoms with Gasteiger partial charge >= 0.3 is 0 Å². The number of fused-ring (bicyclic) bond motifs is 1. The maximum absolute atomic E-state index is 12.4. The molecule has 1 aliphatic carbocycles. The number of hydrogen-bond acceptors (Lipinski definition) is 2. The predicted molar refractivity (Wildman–Crippen MR) is 79.0 cm³/mol. The van der Waals surface area contributed by atoms with Gasteiger partial charge in [0, 0.05) is 6.04 Å². The van der Waals surface area contributed by atoms with E-state index >= 15 is 0 Å². The SMILES string of the molecule is CCC(C#N)(CC)C(=O)NC1CCc2ccccc2C1. The van der Waals surface area contributed by atoms with Crippen molar-refractivity contribution < 1.29 is 4.79 Å². The number of nitriles is 1. The highest BCUT2D eigenvalue weighted by molar-refractivity contribution is 5.85. The molecule has 0 saturated carbocycles. The van der Waals surface area contributed by atoms with Crippen LogP contribution in [0.2, 0.25) is 0 Å². The zero-order valence-corrected chi connectivity index (χ0v) is 12.3. The number of nitrogens with zero attached hydrogens (tertiary/aromatic N) is 1. The maximum atomic E-state index is 12.4. The van der Waals surface area contributed by atoms with Gasteiger partial charge < -0.3 is 5.32 Å². The van der Waals surface area contributed by atoms with E-state index in [0.29, 0.717) is 12.8 Å². The van der Waals surface area contributed by atoms with Crippen molar-refractivity contribution in [3.63, 3.8) is 0 Å². The number of benzene rings is 1. The van der Waals surface area contributed by atoms with Crippen molar-refractivity contribution in [2.24, 2.45) is 5.41 Å². The number of hydrogen-bond donors (Lipinski definition) is 1. The lowest BCUT2D eigenvalue weighted by molar-refractivity contribution is -0.129. The Bertz CT molecular complexity index is 526. The molecule has 0 heterocycles. The van der Waals surface area contributed by atoms with Gasteiger partial charge in [-0.1, -0.05) is 38.1 Å². The Morgan fingerprint density at radius 2 is 2.00 bits per heavy atom. The molecule has 1 unspecified atom stereocenters. The molecular formula is C17H22N2O. The van der Waals surface area contributed by atoms with Crippen LogP contribution in [-0.2, 0) is 17.6 Å². The van der Waals surface area contributed by atoms with Crippen LogP contribution in [0.5, 0.6) is 0 Å². The Labute approximate surface area is 121 Å². The Balaban J connectivity index is 2.06. The van der Waals surface area contributed by atoms with Gasteiger partial charge in [-0.2, -0.15) is 5.26 Å². The maximum Gasteiger partial charge on any atom is 0.240 e. The summed E-state index contributed by atoms with van der Waals surface area (Å²) >= 11 is 0. The lowest BCUT2D eigenvalue weighted by Crippen LogP contribution is -2.46. The first-order chi connectivity index (χ1) is 9.65. The summed E-state index contributed by atoms with van der Waals surface area (Å²) in [4.78, 5) is 12.4. The molecule has 0 aromatic heterocycles. The summed E-state index contributed by atoms with van der Waals surface area (Å²) in [6, 6.07) is 10.8. The molecule has 0 spiro atoms. The van der Waals surface area contributed by atoms with Crippen LogP contribution in [0.25, 0.3) is 0 Å². The first-order valence-corrected chi connectivity index (χ1v) is 7.44. The zero-order valence-electron chi connectivity index (χ0n) is 12.3. The molecule has 106 valence electrons.